The van der Waals surface area contributed by atoms with Gasteiger partial charge in [0.2, 0.25) is 0 Å². The molecule has 2 aliphatic rings. The second-order valence-electron chi connectivity index (χ2n) is 13.2. The van der Waals surface area contributed by atoms with E-state index in [2.05, 4.69) is 113 Å². The topological polar surface area (TPSA) is 40.5 Å². The van der Waals surface area contributed by atoms with Crippen LogP contribution in [-0.2, 0) is 32.5 Å². The smallest absolute Gasteiger partial charge is 0.507 e. The number of para-hydroxylation sites is 2. The zero-order valence-corrected chi connectivity index (χ0v) is 32.5. The van der Waals surface area contributed by atoms with Gasteiger partial charge in [-0.15, -0.1) is 0 Å². The summed E-state index contributed by atoms with van der Waals surface area (Å²) in [5.74, 6) is 0.679. The maximum Gasteiger partial charge on any atom is 2.00 e. The van der Waals surface area contributed by atoms with Gasteiger partial charge in [-0.1, -0.05) is 137 Å². The van der Waals surface area contributed by atoms with Crippen molar-refractivity contribution in [2.24, 2.45) is 0 Å². The summed E-state index contributed by atoms with van der Waals surface area (Å²) in [6.07, 6.45) is 4.32. The molecule has 8 rings (SSSR count). The molecule has 0 aliphatic heterocycles. The van der Waals surface area contributed by atoms with Gasteiger partial charge in [-0.2, -0.15) is 0 Å². The first kappa shape index (κ1) is 39.4. The van der Waals surface area contributed by atoms with E-state index < -0.39 is 0 Å². The van der Waals surface area contributed by atoms with Crippen molar-refractivity contribution in [1.82, 2.24) is 0 Å². The Kier molecular flexibility index (Phi) is 12.3. The molecule has 2 aliphatic carbocycles. The molecule has 0 radical (unpaired) electrons. The molecule has 0 heterocycles. The summed E-state index contributed by atoms with van der Waals surface area (Å²) in [6, 6.07) is 46.0. The summed E-state index contributed by atoms with van der Waals surface area (Å²) in [7, 11) is 0. The van der Waals surface area contributed by atoms with E-state index in [1.807, 2.05) is 36.4 Å². The zero-order chi connectivity index (χ0) is 33.5. The van der Waals surface area contributed by atoms with Crippen molar-refractivity contribution in [2.75, 3.05) is 0 Å². The number of phenolic OH excluding ortho intramolecular Hbond substituents is 2. The van der Waals surface area contributed by atoms with Crippen molar-refractivity contribution in [3.05, 3.63) is 171 Å². The van der Waals surface area contributed by atoms with Crippen LogP contribution in [0.4, 0.5) is 0 Å². The molecule has 258 valence electrons. The van der Waals surface area contributed by atoms with Gasteiger partial charge in [-0.3, -0.25) is 0 Å². The van der Waals surface area contributed by atoms with E-state index in [4.69, 9.17) is 0 Å². The van der Waals surface area contributed by atoms with Crippen LogP contribution in [0.3, 0.4) is 0 Å². The summed E-state index contributed by atoms with van der Waals surface area (Å²) in [6.45, 7) is 9.12. The second kappa shape index (κ2) is 15.9. The monoisotopic (exact) mass is 706 g/mol. The molecule has 2 nitrogen and oxygen atoms in total. The normalized spacial score (nSPS) is 13.4. The summed E-state index contributed by atoms with van der Waals surface area (Å²) < 4.78 is 0. The van der Waals surface area contributed by atoms with E-state index in [0.717, 1.165) is 47.9 Å². The Labute approximate surface area is 321 Å². The number of benzene rings is 6. The molecule has 0 bridgehead atoms. The Morgan fingerprint density at radius 1 is 0.373 bits per heavy atom. The Balaban J connectivity index is 0.000000216. The Morgan fingerprint density at radius 3 is 1.00 bits per heavy atom. The SMILES string of the molecule is CCC1(CC)c2ccccc2-c2ccc(-c3ccccc3O)cc21.CCC1(CC)c2ccccc2-c2ccc(-c3ccccc3O)cc21.[CH3-].[CH3-].[Ti+2]. The average Bonchev–Trinajstić information content (AvgIpc) is 3.59. The van der Waals surface area contributed by atoms with E-state index in [-0.39, 0.29) is 47.4 Å². The van der Waals surface area contributed by atoms with E-state index in [1.165, 1.54) is 44.5 Å². The van der Waals surface area contributed by atoms with Gasteiger partial charge in [0.15, 0.2) is 0 Å². The van der Waals surface area contributed by atoms with Gasteiger partial charge in [0.05, 0.1) is 0 Å². The standard InChI is InChI=1S/2C23H22O.2CH3.Ti/c2*1-3-23(4-2)20-11-7-5-10-18(20)19-14-13-16(15-21(19)23)17-9-6-8-12-22(17)24;;;/h2*5-15,24H,3-4H2,1-2H3;2*1H3;/q;;2*-1;+2. The molecule has 0 saturated heterocycles. The molecule has 0 aromatic heterocycles. The number of hydrogen-bond donors (Lipinski definition) is 2. The first-order chi connectivity index (χ1) is 23.4. The van der Waals surface area contributed by atoms with Crippen LogP contribution in [0.2, 0.25) is 0 Å². The fourth-order valence-corrected chi connectivity index (χ4v) is 8.71. The van der Waals surface area contributed by atoms with Crippen molar-refractivity contribution < 1.29 is 31.9 Å². The van der Waals surface area contributed by atoms with Crippen LogP contribution >= 0.6 is 0 Å². The molecule has 0 unspecified atom stereocenters. The van der Waals surface area contributed by atoms with Crippen LogP contribution in [0.15, 0.2) is 133 Å². The molecule has 0 saturated carbocycles. The maximum absolute atomic E-state index is 10.2. The Bertz CT molecular complexity index is 1970. The molecule has 0 spiro atoms. The largest absolute Gasteiger partial charge is 2.00 e. The number of rotatable bonds is 6. The van der Waals surface area contributed by atoms with E-state index >= 15 is 0 Å². The summed E-state index contributed by atoms with van der Waals surface area (Å²) in [5.41, 5.74) is 15.2. The van der Waals surface area contributed by atoms with Crippen LogP contribution in [0.1, 0.15) is 75.6 Å². The van der Waals surface area contributed by atoms with E-state index in [9.17, 15) is 10.2 Å². The molecular weight excluding hydrogens is 656 g/mol. The number of aromatic hydroxyl groups is 2. The van der Waals surface area contributed by atoms with Crippen LogP contribution < -0.4 is 0 Å². The van der Waals surface area contributed by atoms with Crippen LogP contribution in [-0.4, -0.2) is 10.2 Å². The van der Waals surface area contributed by atoms with Crippen molar-refractivity contribution in [3.8, 4) is 56.0 Å². The average molecular weight is 707 g/mol. The zero-order valence-electron chi connectivity index (χ0n) is 30.9. The molecule has 0 amide bonds. The quantitative estimate of drug-likeness (QED) is 0.134. The van der Waals surface area contributed by atoms with Crippen molar-refractivity contribution in [3.63, 3.8) is 0 Å². The summed E-state index contributed by atoms with van der Waals surface area (Å²) >= 11 is 0. The van der Waals surface area contributed by atoms with Gasteiger partial charge >= 0.3 is 21.7 Å². The molecule has 2 N–H and O–H groups in total. The number of fused-ring (bicyclic) bond motifs is 6. The number of hydrogen-bond acceptors (Lipinski definition) is 2. The van der Waals surface area contributed by atoms with E-state index in [0.29, 0.717) is 11.5 Å². The predicted octanol–water partition coefficient (Wildman–Crippen LogP) is 13.2. The summed E-state index contributed by atoms with van der Waals surface area (Å²) in [5, 5.41) is 20.5. The molecular formula is C48H50O2Ti. The van der Waals surface area contributed by atoms with Gasteiger partial charge < -0.3 is 25.1 Å². The first-order valence-electron chi connectivity index (χ1n) is 17.5. The fourth-order valence-electron chi connectivity index (χ4n) is 8.71. The minimum absolute atomic E-state index is 0. The summed E-state index contributed by atoms with van der Waals surface area (Å²) in [4.78, 5) is 0. The molecule has 0 atom stereocenters. The van der Waals surface area contributed by atoms with Crippen LogP contribution in [0.25, 0.3) is 44.5 Å². The molecule has 6 aromatic rings. The Hall–Kier alpha value is -4.37. The molecule has 3 heteroatoms. The molecule has 0 fully saturated rings. The van der Waals surface area contributed by atoms with Crippen LogP contribution in [0, 0.1) is 14.9 Å². The van der Waals surface area contributed by atoms with Gasteiger partial charge in [0.1, 0.15) is 11.5 Å². The minimum atomic E-state index is 0. The Morgan fingerprint density at radius 2 is 0.667 bits per heavy atom. The molecule has 6 aromatic carbocycles. The predicted molar refractivity (Wildman–Crippen MR) is 214 cm³/mol. The van der Waals surface area contributed by atoms with Crippen molar-refractivity contribution in [2.45, 2.75) is 64.2 Å². The third kappa shape index (κ3) is 6.28. The minimum Gasteiger partial charge on any atom is -0.507 e. The molecule has 51 heavy (non-hydrogen) atoms. The fraction of sp³-hybridized carbons (Fsp3) is 0.208. The van der Waals surface area contributed by atoms with Crippen molar-refractivity contribution in [1.29, 1.82) is 0 Å². The third-order valence-electron chi connectivity index (χ3n) is 11.4. The maximum atomic E-state index is 10.2. The first-order valence-corrected chi connectivity index (χ1v) is 17.5. The van der Waals surface area contributed by atoms with Gasteiger partial charge in [-0.25, -0.2) is 0 Å². The van der Waals surface area contributed by atoms with Crippen LogP contribution in [0.5, 0.6) is 11.5 Å². The number of phenols is 2. The van der Waals surface area contributed by atoms with Crippen molar-refractivity contribution >= 4 is 0 Å². The second-order valence-corrected chi connectivity index (χ2v) is 13.2. The van der Waals surface area contributed by atoms with E-state index in [1.54, 1.807) is 12.1 Å². The third-order valence-corrected chi connectivity index (χ3v) is 11.4. The van der Waals surface area contributed by atoms with Gasteiger partial charge in [0, 0.05) is 22.0 Å². The van der Waals surface area contributed by atoms with Gasteiger partial charge in [0.25, 0.3) is 0 Å². The van der Waals surface area contributed by atoms with Gasteiger partial charge in [-0.05, 0) is 106 Å².